The van der Waals surface area contributed by atoms with Crippen molar-refractivity contribution in [3.05, 3.63) is 33.3 Å². The summed E-state index contributed by atoms with van der Waals surface area (Å²) in [7, 11) is 0. The highest BCUT2D eigenvalue weighted by Crippen LogP contribution is 2.36. The number of nitrogens with two attached hydrogens (primary N) is 1. The molecule has 1 heterocycles. The monoisotopic (exact) mass is 283 g/mol. The average molecular weight is 284 g/mol. The van der Waals surface area contributed by atoms with Gasteiger partial charge in [0.1, 0.15) is 5.69 Å². The summed E-state index contributed by atoms with van der Waals surface area (Å²) >= 11 is 5.84. The highest BCUT2D eigenvalue weighted by atomic mass is 35.5. The van der Waals surface area contributed by atoms with Crippen LogP contribution in [-0.4, -0.2) is 24.1 Å². The van der Waals surface area contributed by atoms with Crippen LogP contribution >= 0.6 is 11.6 Å². The molecule has 1 aromatic rings. The van der Waals surface area contributed by atoms with Crippen molar-refractivity contribution in [2.24, 2.45) is 11.1 Å². The van der Waals surface area contributed by atoms with Gasteiger partial charge in [0.25, 0.3) is 5.69 Å². The summed E-state index contributed by atoms with van der Waals surface area (Å²) < 4.78 is 0. The standard InChI is InChI=1S/C13H18ClN3O2/c1-13(2)8-16(6-5-12(13)15)10-4-3-9(14)7-11(10)17(18)19/h3-4,7,12H,5-6,8,15H2,1-2H3. The Hall–Kier alpha value is -1.33. The van der Waals surface area contributed by atoms with Crippen LogP contribution in [0.2, 0.25) is 5.02 Å². The van der Waals surface area contributed by atoms with Gasteiger partial charge in [-0.1, -0.05) is 25.4 Å². The number of hydrogen-bond donors (Lipinski definition) is 1. The molecule has 0 aliphatic carbocycles. The van der Waals surface area contributed by atoms with Gasteiger partial charge in [-0.2, -0.15) is 0 Å². The van der Waals surface area contributed by atoms with Crippen LogP contribution in [0.5, 0.6) is 0 Å². The molecule has 1 aliphatic rings. The lowest BCUT2D eigenvalue weighted by atomic mass is 9.79. The lowest BCUT2D eigenvalue weighted by Crippen LogP contribution is -2.52. The molecule has 0 amide bonds. The van der Waals surface area contributed by atoms with E-state index >= 15 is 0 Å². The van der Waals surface area contributed by atoms with E-state index in [-0.39, 0.29) is 22.1 Å². The molecule has 0 saturated carbocycles. The number of halogens is 1. The van der Waals surface area contributed by atoms with Crippen molar-refractivity contribution < 1.29 is 4.92 Å². The molecule has 1 fully saturated rings. The number of nitrogens with zero attached hydrogens (tertiary/aromatic N) is 2. The van der Waals surface area contributed by atoms with Crippen LogP contribution < -0.4 is 10.6 Å². The van der Waals surface area contributed by atoms with Crippen molar-refractivity contribution in [3.63, 3.8) is 0 Å². The molecular weight excluding hydrogens is 266 g/mol. The van der Waals surface area contributed by atoms with E-state index in [1.165, 1.54) is 6.07 Å². The predicted octanol–water partition coefficient (Wildman–Crippen LogP) is 2.81. The molecular formula is C13H18ClN3O2. The van der Waals surface area contributed by atoms with Gasteiger partial charge in [0.2, 0.25) is 0 Å². The van der Waals surface area contributed by atoms with E-state index in [4.69, 9.17) is 17.3 Å². The third kappa shape index (κ3) is 2.82. The van der Waals surface area contributed by atoms with Gasteiger partial charge in [-0.15, -0.1) is 0 Å². The van der Waals surface area contributed by atoms with Crippen molar-refractivity contribution in [2.45, 2.75) is 26.3 Å². The maximum atomic E-state index is 11.1. The van der Waals surface area contributed by atoms with E-state index in [9.17, 15) is 10.1 Å². The van der Waals surface area contributed by atoms with Gasteiger partial charge >= 0.3 is 0 Å². The summed E-state index contributed by atoms with van der Waals surface area (Å²) in [6, 6.07) is 4.92. The first-order valence-corrected chi connectivity index (χ1v) is 6.63. The first-order chi connectivity index (χ1) is 8.81. The molecule has 104 valence electrons. The van der Waals surface area contributed by atoms with Crippen molar-refractivity contribution in [3.8, 4) is 0 Å². The lowest BCUT2D eigenvalue weighted by molar-refractivity contribution is -0.384. The van der Waals surface area contributed by atoms with Crippen molar-refractivity contribution >= 4 is 23.0 Å². The number of hydrogen-bond acceptors (Lipinski definition) is 4. The fraction of sp³-hybridized carbons (Fsp3) is 0.538. The van der Waals surface area contributed by atoms with Crippen molar-refractivity contribution in [1.82, 2.24) is 0 Å². The number of benzene rings is 1. The summed E-state index contributed by atoms with van der Waals surface area (Å²) in [5.41, 5.74) is 6.70. The highest BCUT2D eigenvalue weighted by molar-refractivity contribution is 6.30. The molecule has 1 unspecified atom stereocenters. The fourth-order valence-electron chi connectivity index (χ4n) is 2.49. The van der Waals surface area contributed by atoms with Gasteiger partial charge in [0, 0.05) is 30.2 Å². The van der Waals surface area contributed by atoms with Crippen LogP contribution in [0.4, 0.5) is 11.4 Å². The molecule has 1 aliphatic heterocycles. The summed E-state index contributed by atoms with van der Waals surface area (Å²) in [6.07, 6.45) is 0.826. The molecule has 19 heavy (non-hydrogen) atoms. The van der Waals surface area contributed by atoms with Crippen LogP contribution in [0.3, 0.4) is 0 Å². The van der Waals surface area contributed by atoms with Crippen LogP contribution in [0, 0.1) is 15.5 Å². The second-order valence-electron chi connectivity index (χ2n) is 5.70. The van der Waals surface area contributed by atoms with E-state index in [0.29, 0.717) is 17.3 Å². The van der Waals surface area contributed by atoms with E-state index in [0.717, 1.165) is 13.0 Å². The predicted molar refractivity (Wildman–Crippen MR) is 76.7 cm³/mol. The van der Waals surface area contributed by atoms with Gasteiger partial charge < -0.3 is 10.6 Å². The molecule has 6 heteroatoms. The number of piperidine rings is 1. The number of nitro groups is 1. The Kier molecular flexibility index (Phi) is 3.69. The Labute approximate surface area is 117 Å². The van der Waals surface area contributed by atoms with Crippen molar-refractivity contribution in [2.75, 3.05) is 18.0 Å². The minimum atomic E-state index is -0.386. The van der Waals surface area contributed by atoms with Gasteiger partial charge in [-0.05, 0) is 24.0 Å². The molecule has 1 atom stereocenters. The second kappa shape index (κ2) is 4.98. The smallest absolute Gasteiger partial charge is 0.294 e. The fourth-order valence-corrected chi connectivity index (χ4v) is 2.66. The SMILES string of the molecule is CC1(C)CN(c2ccc(Cl)cc2[N+](=O)[O-])CCC1N. The van der Waals surface area contributed by atoms with E-state index in [1.54, 1.807) is 12.1 Å². The van der Waals surface area contributed by atoms with Crippen molar-refractivity contribution in [1.29, 1.82) is 0 Å². The van der Waals surface area contributed by atoms with Crippen LogP contribution in [0.25, 0.3) is 0 Å². The largest absolute Gasteiger partial charge is 0.365 e. The molecule has 0 aromatic heterocycles. The normalized spacial score (nSPS) is 22.3. The van der Waals surface area contributed by atoms with Crippen LogP contribution in [-0.2, 0) is 0 Å². The maximum absolute atomic E-state index is 11.1. The molecule has 1 saturated heterocycles. The maximum Gasteiger partial charge on any atom is 0.294 e. The van der Waals surface area contributed by atoms with Gasteiger partial charge in [-0.25, -0.2) is 0 Å². The summed E-state index contributed by atoms with van der Waals surface area (Å²) in [5, 5.41) is 11.5. The van der Waals surface area contributed by atoms with Gasteiger partial charge in [0.15, 0.2) is 0 Å². The first kappa shape index (κ1) is 14.1. The molecule has 1 aromatic carbocycles. The molecule has 0 bridgehead atoms. The zero-order valence-corrected chi connectivity index (χ0v) is 11.9. The Morgan fingerprint density at radius 2 is 2.21 bits per heavy atom. The Balaban J connectivity index is 2.35. The molecule has 0 spiro atoms. The summed E-state index contributed by atoms with van der Waals surface area (Å²) in [4.78, 5) is 12.8. The Bertz CT molecular complexity index is 505. The Morgan fingerprint density at radius 3 is 2.79 bits per heavy atom. The minimum Gasteiger partial charge on any atom is -0.365 e. The minimum absolute atomic E-state index is 0.0544. The van der Waals surface area contributed by atoms with Crippen LogP contribution in [0.15, 0.2) is 18.2 Å². The van der Waals surface area contributed by atoms with E-state index in [1.807, 2.05) is 4.90 Å². The quantitative estimate of drug-likeness (QED) is 0.669. The molecule has 0 radical (unpaired) electrons. The third-order valence-corrected chi connectivity index (χ3v) is 4.02. The third-order valence-electron chi connectivity index (χ3n) is 3.79. The molecule has 5 nitrogen and oxygen atoms in total. The first-order valence-electron chi connectivity index (χ1n) is 6.26. The lowest BCUT2D eigenvalue weighted by Gasteiger charge is -2.43. The number of nitro benzene ring substituents is 1. The average Bonchev–Trinajstić information content (AvgIpc) is 2.32. The van der Waals surface area contributed by atoms with Gasteiger partial charge in [0.05, 0.1) is 4.92 Å². The zero-order chi connectivity index (χ0) is 14.2. The van der Waals surface area contributed by atoms with Crippen LogP contribution in [0.1, 0.15) is 20.3 Å². The summed E-state index contributed by atoms with van der Waals surface area (Å²) in [5.74, 6) is 0. The molecule has 2 N–H and O–H groups in total. The topological polar surface area (TPSA) is 72.4 Å². The van der Waals surface area contributed by atoms with E-state index < -0.39 is 0 Å². The van der Waals surface area contributed by atoms with E-state index in [2.05, 4.69) is 13.8 Å². The number of rotatable bonds is 2. The highest BCUT2D eigenvalue weighted by Gasteiger charge is 2.35. The molecule has 2 rings (SSSR count). The summed E-state index contributed by atoms with van der Waals surface area (Å²) in [6.45, 7) is 5.61. The van der Waals surface area contributed by atoms with Gasteiger partial charge in [-0.3, -0.25) is 10.1 Å². The number of anilines is 1. The zero-order valence-electron chi connectivity index (χ0n) is 11.1. The Morgan fingerprint density at radius 1 is 1.53 bits per heavy atom. The second-order valence-corrected chi connectivity index (χ2v) is 6.13.